The Labute approximate surface area is 131 Å². The lowest BCUT2D eigenvalue weighted by molar-refractivity contribution is -0.125. The lowest BCUT2D eigenvalue weighted by Gasteiger charge is -2.08. The van der Waals surface area contributed by atoms with Gasteiger partial charge in [-0.05, 0) is 49.9 Å². The van der Waals surface area contributed by atoms with E-state index in [1.165, 1.54) is 0 Å². The van der Waals surface area contributed by atoms with Crippen molar-refractivity contribution < 1.29 is 9.18 Å². The monoisotopic (exact) mass is 304 g/mol. The summed E-state index contributed by atoms with van der Waals surface area (Å²) in [7, 11) is 0. The largest absolute Gasteiger partial charge is 0.355 e. The number of aryl methyl sites for hydroxylation is 1. The van der Waals surface area contributed by atoms with E-state index >= 15 is 0 Å². The highest BCUT2D eigenvalue weighted by atomic mass is 19.1. The number of carbonyl (C=O) groups is 1. The minimum absolute atomic E-state index is 0.0870. The van der Waals surface area contributed by atoms with E-state index < -0.39 is 0 Å². The van der Waals surface area contributed by atoms with Crippen molar-refractivity contribution in [3.05, 3.63) is 34.8 Å². The molecule has 1 heterocycles. The first-order chi connectivity index (χ1) is 10.4. The fourth-order valence-electron chi connectivity index (χ4n) is 2.42. The molecular weight excluding hydrogens is 279 g/mol. The van der Waals surface area contributed by atoms with Crippen LogP contribution in [-0.4, -0.2) is 10.9 Å². The van der Waals surface area contributed by atoms with E-state index in [2.05, 4.69) is 10.3 Å². The zero-order valence-electron chi connectivity index (χ0n) is 14.1. The summed E-state index contributed by atoms with van der Waals surface area (Å²) >= 11 is 0. The number of carbonyl (C=O) groups excluding carboxylic acids is 1. The molecule has 1 aromatic carbocycles. The van der Waals surface area contributed by atoms with E-state index in [9.17, 15) is 9.18 Å². The third-order valence-corrected chi connectivity index (χ3v) is 4.40. The predicted octanol–water partition coefficient (Wildman–Crippen LogP) is 4.37. The molecule has 0 atom stereocenters. The van der Waals surface area contributed by atoms with Crippen molar-refractivity contribution in [1.82, 2.24) is 10.3 Å². The van der Waals surface area contributed by atoms with Gasteiger partial charge < -0.3 is 10.3 Å². The number of benzene rings is 1. The number of aromatic amines is 1. The van der Waals surface area contributed by atoms with Gasteiger partial charge in [0.05, 0.1) is 12.1 Å². The summed E-state index contributed by atoms with van der Waals surface area (Å²) in [5, 5.41) is 3.77. The molecule has 1 aliphatic rings. The Morgan fingerprint density at radius 3 is 2.55 bits per heavy atom. The zero-order chi connectivity index (χ0) is 16.5. The van der Waals surface area contributed by atoms with Crippen molar-refractivity contribution in [1.29, 1.82) is 0 Å². The third kappa shape index (κ3) is 3.01. The minimum Gasteiger partial charge on any atom is -0.355 e. The molecule has 22 heavy (non-hydrogen) atoms. The topological polar surface area (TPSA) is 44.9 Å². The average Bonchev–Trinajstić information content (AvgIpc) is 3.14. The van der Waals surface area contributed by atoms with E-state index in [0.717, 1.165) is 29.5 Å². The summed E-state index contributed by atoms with van der Waals surface area (Å²) in [6.45, 7) is 10.1. The molecule has 3 nitrogen and oxygen atoms in total. The number of halogens is 1. The molecule has 4 heteroatoms. The summed E-state index contributed by atoms with van der Waals surface area (Å²) in [6, 6.07) is 3.87. The molecule has 1 aliphatic carbocycles. The lowest BCUT2D eigenvalue weighted by atomic mass is 10.1. The van der Waals surface area contributed by atoms with Crippen LogP contribution in [0.5, 0.6) is 0 Å². The Bertz CT molecular complexity index is 699. The molecule has 0 bridgehead atoms. The van der Waals surface area contributed by atoms with Gasteiger partial charge in [-0.25, -0.2) is 4.39 Å². The van der Waals surface area contributed by atoms with Crippen molar-refractivity contribution in [3.8, 4) is 0 Å². The van der Waals surface area contributed by atoms with Crippen LogP contribution in [0.2, 0.25) is 0 Å². The minimum atomic E-state index is -0.202. The van der Waals surface area contributed by atoms with Crippen molar-refractivity contribution in [2.24, 2.45) is 5.41 Å². The van der Waals surface area contributed by atoms with Gasteiger partial charge in [0.25, 0.3) is 0 Å². The molecule has 1 fully saturated rings. The van der Waals surface area contributed by atoms with Gasteiger partial charge in [0.1, 0.15) is 5.82 Å². The van der Waals surface area contributed by atoms with Gasteiger partial charge in [-0.2, -0.15) is 0 Å². The Morgan fingerprint density at radius 2 is 1.95 bits per heavy atom. The first kappa shape index (κ1) is 16.5. The number of aromatic nitrogens is 1. The summed E-state index contributed by atoms with van der Waals surface area (Å²) in [5.74, 6) is -0.115. The van der Waals surface area contributed by atoms with E-state index in [-0.39, 0.29) is 17.1 Å². The molecule has 2 N–H and O–H groups in total. The molecule has 3 rings (SSSR count). The number of nitrogens with one attached hydrogen (secondary N) is 2. The van der Waals surface area contributed by atoms with E-state index in [0.29, 0.717) is 17.6 Å². The van der Waals surface area contributed by atoms with Crippen LogP contribution < -0.4 is 5.32 Å². The Morgan fingerprint density at radius 1 is 1.32 bits per heavy atom. The van der Waals surface area contributed by atoms with E-state index in [4.69, 9.17) is 0 Å². The average molecular weight is 304 g/mol. The van der Waals surface area contributed by atoms with Crippen molar-refractivity contribution >= 4 is 16.8 Å². The second-order valence-electron chi connectivity index (χ2n) is 6.13. The van der Waals surface area contributed by atoms with Gasteiger partial charge in [-0.3, -0.25) is 4.79 Å². The van der Waals surface area contributed by atoms with Crippen molar-refractivity contribution in [2.45, 2.75) is 54.0 Å². The quantitative estimate of drug-likeness (QED) is 0.869. The molecule has 2 aromatic rings. The van der Waals surface area contributed by atoms with Gasteiger partial charge >= 0.3 is 0 Å². The molecule has 1 amide bonds. The molecule has 1 saturated carbocycles. The standard InChI is InChI=1S/C16H19FN2O.C2H6/c1-9-6-11-7-12(19-14(11)13(17)10(9)2)8-18-15(20)16(3)4-5-16;1-2/h6-7,19H,4-5,8H2,1-3H3,(H,18,20);1-2H3. The van der Waals surface area contributed by atoms with Crippen LogP contribution in [-0.2, 0) is 11.3 Å². The summed E-state index contributed by atoms with van der Waals surface area (Å²) in [5.41, 5.74) is 2.79. The highest BCUT2D eigenvalue weighted by molar-refractivity contribution is 5.85. The predicted molar refractivity (Wildman–Crippen MR) is 88.3 cm³/mol. The van der Waals surface area contributed by atoms with Gasteiger partial charge in [-0.15, -0.1) is 0 Å². The van der Waals surface area contributed by atoms with Crippen LogP contribution >= 0.6 is 0 Å². The molecule has 0 radical (unpaired) electrons. The number of hydrogen-bond acceptors (Lipinski definition) is 1. The van der Waals surface area contributed by atoms with Crippen molar-refractivity contribution in [3.63, 3.8) is 0 Å². The first-order valence-electron chi connectivity index (χ1n) is 7.96. The molecule has 0 saturated heterocycles. The summed E-state index contributed by atoms with van der Waals surface area (Å²) in [6.07, 6.45) is 1.91. The van der Waals surface area contributed by atoms with Crippen LogP contribution in [0.1, 0.15) is 50.4 Å². The number of rotatable bonds is 3. The first-order valence-corrected chi connectivity index (χ1v) is 7.96. The molecule has 0 aliphatic heterocycles. The second-order valence-corrected chi connectivity index (χ2v) is 6.13. The SMILES string of the molecule is CC.Cc1cc2cc(CNC(=O)C3(C)CC3)[nH]c2c(F)c1C. The van der Waals surface area contributed by atoms with Gasteiger partial charge in [-0.1, -0.05) is 20.8 Å². The normalized spacial score (nSPS) is 15.2. The highest BCUT2D eigenvalue weighted by Crippen LogP contribution is 2.45. The molecule has 0 unspecified atom stereocenters. The maximum absolute atomic E-state index is 14.2. The molecule has 1 aromatic heterocycles. The van der Waals surface area contributed by atoms with Gasteiger partial charge in [0.15, 0.2) is 0 Å². The highest BCUT2D eigenvalue weighted by Gasteiger charge is 2.44. The lowest BCUT2D eigenvalue weighted by Crippen LogP contribution is -2.29. The second kappa shape index (κ2) is 6.11. The third-order valence-electron chi connectivity index (χ3n) is 4.40. The van der Waals surface area contributed by atoms with Crippen LogP contribution in [0.15, 0.2) is 12.1 Å². The maximum atomic E-state index is 14.2. The number of fused-ring (bicyclic) bond motifs is 1. The van der Waals surface area contributed by atoms with Crippen LogP contribution in [0.25, 0.3) is 10.9 Å². The molecule has 120 valence electrons. The number of H-pyrrole nitrogens is 1. The van der Waals surface area contributed by atoms with Crippen LogP contribution in [0.3, 0.4) is 0 Å². The van der Waals surface area contributed by atoms with Gasteiger partial charge in [0, 0.05) is 16.5 Å². The molecular formula is C18H25FN2O. The van der Waals surface area contributed by atoms with Crippen LogP contribution in [0, 0.1) is 25.1 Å². The Hall–Kier alpha value is -1.84. The number of hydrogen-bond donors (Lipinski definition) is 2. The van der Waals surface area contributed by atoms with E-state index in [1.54, 1.807) is 6.92 Å². The fraction of sp³-hybridized carbons (Fsp3) is 0.500. The zero-order valence-corrected chi connectivity index (χ0v) is 14.1. The Balaban J connectivity index is 0.000000847. The van der Waals surface area contributed by atoms with Crippen LogP contribution in [0.4, 0.5) is 4.39 Å². The summed E-state index contributed by atoms with van der Waals surface area (Å²) < 4.78 is 14.2. The Kier molecular flexibility index (Phi) is 4.59. The maximum Gasteiger partial charge on any atom is 0.226 e. The fourth-order valence-corrected chi connectivity index (χ4v) is 2.42. The van der Waals surface area contributed by atoms with Crippen molar-refractivity contribution in [2.75, 3.05) is 0 Å². The number of amides is 1. The smallest absolute Gasteiger partial charge is 0.226 e. The van der Waals surface area contributed by atoms with Gasteiger partial charge in [0.2, 0.25) is 5.91 Å². The van der Waals surface area contributed by atoms with E-state index in [1.807, 2.05) is 39.8 Å². The molecule has 0 spiro atoms. The summed E-state index contributed by atoms with van der Waals surface area (Å²) in [4.78, 5) is 15.0.